The first-order valence-corrected chi connectivity index (χ1v) is 8.72. The number of nitrogens with one attached hydrogen (secondary N) is 1. The molecule has 1 rings (SSSR count). The molecule has 0 heterocycles. The Morgan fingerprint density at radius 2 is 1.90 bits per heavy atom. The molecule has 118 valence electrons. The van der Waals surface area contributed by atoms with E-state index in [0.717, 1.165) is 4.47 Å². The molecule has 0 radical (unpaired) electrons. The number of esters is 1. The molecule has 1 N–H and O–H groups in total. The highest BCUT2D eigenvalue weighted by molar-refractivity contribution is 9.10. The minimum atomic E-state index is -0.662. The molecule has 0 aliphatic rings. The Balaban J connectivity index is 2.73. The molecule has 1 aromatic carbocycles. The molecule has 0 saturated heterocycles. The van der Waals surface area contributed by atoms with Crippen molar-refractivity contribution in [1.82, 2.24) is 5.32 Å². The summed E-state index contributed by atoms with van der Waals surface area (Å²) in [5, 5.41) is 3.63. The minimum Gasteiger partial charge on any atom is -0.468 e. The molecule has 0 aromatic heterocycles. The lowest BCUT2D eigenvalue weighted by Gasteiger charge is -2.32. The summed E-state index contributed by atoms with van der Waals surface area (Å²) in [6.07, 6.45) is 0.707. The minimum absolute atomic E-state index is 0.209. The van der Waals surface area contributed by atoms with E-state index in [0.29, 0.717) is 11.7 Å². The summed E-state index contributed by atoms with van der Waals surface area (Å²) in [6, 6.07) is 8.44. The van der Waals surface area contributed by atoms with Crippen molar-refractivity contribution in [2.24, 2.45) is 0 Å². The van der Waals surface area contributed by atoms with Crippen LogP contribution in [0.15, 0.2) is 33.6 Å². The van der Waals surface area contributed by atoms with Crippen LogP contribution in [0.5, 0.6) is 0 Å². The zero-order valence-corrected chi connectivity index (χ0v) is 15.7. The Labute approximate surface area is 140 Å². The van der Waals surface area contributed by atoms with Crippen LogP contribution in [0.2, 0.25) is 0 Å². The van der Waals surface area contributed by atoms with Gasteiger partial charge in [-0.25, -0.2) is 0 Å². The first-order valence-electron chi connectivity index (χ1n) is 7.05. The SMILES string of the molecule is COC(=O)C(C)(CC(C)Sc1ccc(Br)cc1)NC(C)C. The Hall–Kier alpha value is -0.520. The average molecular weight is 374 g/mol. The fraction of sp³-hybridized carbons (Fsp3) is 0.562. The topological polar surface area (TPSA) is 38.3 Å². The second kappa shape index (κ2) is 8.20. The molecule has 0 amide bonds. The van der Waals surface area contributed by atoms with Gasteiger partial charge in [0.05, 0.1) is 7.11 Å². The molecule has 0 spiro atoms. The smallest absolute Gasteiger partial charge is 0.325 e. The second-order valence-corrected chi connectivity index (χ2v) is 8.14. The first kappa shape index (κ1) is 18.5. The lowest BCUT2D eigenvalue weighted by molar-refractivity contribution is -0.148. The summed E-state index contributed by atoms with van der Waals surface area (Å²) in [6.45, 7) is 8.12. The molecular weight excluding hydrogens is 350 g/mol. The summed E-state index contributed by atoms with van der Waals surface area (Å²) in [5.74, 6) is -0.209. The summed E-state index contributed by atoms with van der Waals surface area (Å²) in [5.41, 5.74) is -0.662. The third-order valence-electron chi connectivity index (χ3n) is 3.09. The van der Waals surface area contributed by atoms with Gasteiger partial charge in [0.25, 0.3) is 0 Å². The van der Waals surface area contributed by atoms with Crippen molar-refractivity contribution in [1.29, 1.82) is 0 Å². The molecule has 2 unspecified atom stereocenters. The number of benzene rings is 1. The maximum Gasteiger partial charge on any atom is 0.325 e. The normalized spacial score (nSPS) is 15.6. The number of hydrogen-bond donors (Lipinski definition) is 1. The van der Waals surface area contributed by atoms with E-state index in [2.05, 4.69) is 40.3 Å². The van der Waals surface area contributed by atoms with Gasteiger partial charge in [-0.3, -0.25) is 10.1 Å². The number of thioether (sulfide) groups is 1. The average Bonchev–Trinajstić information content (AvgIpc) is 2.39. The summed E-state index contributed by atoms with van der Waals surface area (Å²) in [7, 11) is 1.44. The number of hydrogen-bond acceptors (Lipinski definition) is 4. The van der Waals surface area contributed by atoms with Gasteiger partial charge in [0.2, 0.25) is 0 Å². The molecule has 3 nitrogen and oxygen atoms in total. The van der Waals surface area contributed by atoms with Crippen molar-refractivity contribution >= 4 is 33.7 Å². The molecular formula is C16H24BrNO2S. The Bertz CT molecular complexity index is 464. The standard InChI is InChI=1S/C16H24BrNO2S/c1-11(2)18-16(4,15(19)20-5)10-12(3)21-14-8-6-13(17)7-9-14/h6-9,11-12,18H,10H2,1-5H3. The predicted octanol–water partition coefficient (Wildman–Crippen LogP) is 4.25. The Morgan fingerprint density at radius 3 is 2.38 bits per heavy atom. The number of carbonyl (C=O) groups is 1. The number of methoxy groups -OCH3 is 1. The molecule has 21 heavy (non-hydrogen) atoms. The predicted molar refractivity (Wildman–Crippen MR) is 92.8 cm³/mol. The van der Waals surface area contributed by atoms with Crippen LogP contribution in [0.4, 0.5) is 0 Å². The van der Waals surface area contributed by atoms with Crippen LogP contribution in [0.3, 0.4) is 0 Å². The second-order valence-electron chi connectivity index (χ2n) is 5.71. The van der Waals surface area contributed by atoms with E-state index in [-0.39, 0.29) is 12.0 Å². The van der Waals surface area contributed by atoms with E-state index < -0.39 is 5.54 Å². The largest absolute Gasteiger partial charge is 0.468 e. The van der Waals surface area contributed by atoms with Gasteiger partial charge >= 0.3 is 5.97 Å². The highest BCUT2D eigenvalue weighted by Gasteiger charge is 2.36. The molecule has 1 aromatic rings. The fourth-order valence-corrected chi connectivity index (χ4v) is 3.86. The van der Waals surface area contributed by atoms with Crippen LogP contribution < -0.4 is 5.32 Å². The van der Waals surface area contributed by atoms with E-state index in [4.69, 9.17) is 4.74 Å². The maximum absolute atomic E-state index is 12.1. The van der Waals surface area contributed by atoms with Crippen molar-refractivity contribution in [2.75, 3.05) is 7.11 Å². The van der Waals surface area contributed by atoms with Crippen LogP contribution >= 0.6 is 27.7 Å². The van der Waals surface area contributed by atoms with Gasteiger partial charge in [-0.1, -0.05) is 22.9 Å². The van der Waals surface area contributed by atoms with Gasteiger partial charge in [-0.2, -0.15) is 0 Å². The third-order valence-corrected chi connectivity index (χ3v) is 4.73. The van der Waals surface area contributed by atoms with Crippen LogP contribution in [-0.2, 0) is 9.53 Å². The van der Waals surface area contributed by atoms with Gasteiger partial charge in [0.1, 0.15) is 5.54 Å². The molecule has 0 saturated carbocycles. The zero-order valence-electron chi connectivity index (χ0n) is 13.3. The Kier molecular flexibility index (Phi) is 7.24. The highest BCUT2D eigenvalue weighted by Crippen LogP contribution is 2.30. The van der Waals surface area contributed by atoms with Crippen molar-refractivity contribution in [2.45, 2.75) is 55.8 Å². The number of rotatable bonds is 7. The molecule has 0 fully saturated rings. The molecule has 2 atom stereocenters. The van der Waals surface area contributed by atoms with Crippen LogP contribution in [0, 0.1) is 0 Å². The van der Waals surface area contributed by atoms with Gasteiger partial charge in [0.15, 0.2) is 0 Å². The number of ether oxygens (including phenoxy) is 1. The maximum atomic E-state index is 12.1. The van der Waals surface area contributed by atoms with E-state index in [1.807, 2.05) is 32.9 Å². The Morgan fingerprint density at radius 1 is 1.33 bits per heavy atom. The van der Waals surface area contributed by atoms with Crippen molar-refractivity contribution < 1.29 is 9.53 Å². The summed E-state index contributed by atoms with van der Waals surface area (Å²) < 4.78 is 6.04. The number of halogens is 1. The van der Waals surface area contributed by atoms with Crippen LogP contribution in [0.1, 0.15) is 34.1 Å². The van der Waals surface area contributed by atoms with E-state index in [1.165, 1.54) is 12.0 Å². The van der Waals surface area contributed by atoms with Crippen LogP contribution in [0.25, 0.3) is 0 Å². The van der Waals surface area contributed by atoms with Gasteiger partial charge < -0.3 is 4.74 Å². The van der Waals surface area contributed by atoms with E-state index in [9.17, 15) is 4.79 Å². The number of carbonyl (C=O) groups excluding carboxylic acids is 1. The third kappa shape index (κ3) is 6.01. The molecule has 0 aliphatic carbocycles. The van der Waals surface area contributed by atoms with Gasteiger partial charge in [0, 0.05) is 20.7 Å². The van der Waals surface area contributed by atoms with E-state index >= 15 is 0 Å². The lowest BCUT2D eigenvalue weighted by atomic mass is 9.95. The van der Waals surface area contributed by atoms with Gasteiger partial charge in [-0.05, 0) is 51.5 Å². The first-order chi connectivity index (χ1) is 9.76. The zero-order chi connectivity index (χ0) is 16.0. The monoisotopic (exact) mass is 373 g/mol. The van der Waals surface area contributed by atoms with E-state index in [1.54, 1.807) is 11.8 Å². The summed E-state index contributed by atoms with van der Waals surface area (Å²) >= 11 is 5.20. The fourth-order valence-electron chi connectivity index (χ4n) is 2.43. The van der Waals surface area contributed by atoms with Crippen LogP contribution in [-0.4, -0.2) is 29.9 Å². The quantitative estimate of drug-likeness (QED) is 0.572. The van der Waals surface area contributed by atoms with Crippen molar-refractivity contribution in [3.05, 3.63) is 28.7 Å². The lowest BCUT2D eigenvalue weighted by Crippen LogP contribution is -2.54. The highest BCUT2D eigenvalue weighted by atomic mass is 79.9. The van der Waals surface area contributed by atoms with Crippen molar-refractivity contribution in [3.8, 4) is 0 Å². The molecule has 0 aliphatic heterocycles. The summed E-state index contributed by atoms with van der Waals surface area (Å²) in [4.78, 5) is 13.3. The van der Waals surface area contributed by atoms with Crippen molar-refractivity contribution in [3.63, 3.8) is 0 Å². The molecule has 0 bridgehead atoms. The van der Waals surface area contributed by atoms with Gasteiger partial charge in [-0.15, -0.1) is 11.8 Å². The molecule has 5 heteroatoms.